The fourth-order valence-corrected chi connectivity index (χ4v) is 3.92. The SMILES string of the molecule is CCCc1ncc(CN(Cc2ccccc2F)CC2CCCO2)cn1.O=C(O)CC(O)(CC(=O)O)C(=O)O. The molecule has 3 rings (SSSR count). The number of aryl methyl sites for hydroxylation is 1. The molecule has 0 radical (unpaired) electrons. The van der Waals surface area contributed by atoms with E-state index < -0.39 is 36.4 Å². The highest BCUT2D eigenvalue weighted by Crippen LogP contribution is 2.18. The van der Waals surface area contributed by atoms with Crippen molar-refractivity contribution in [3.63, 3.8) is 0 Å². The first-order valence-electron chi connectivity index (χ1n) is 12.3. The Labute approximate surface area is 219 Å². The lowest BCUT2D eigenvalue weighted by Gasteiger charge is -2.25. The number of benzene rings is 1. The van der Waals surface area contributed by atoms with Crippen molar-refractivity contribution < 1.29 is 43.9 Å². The van der Waals surface area contributed by atoms with E-state index in [2.05, 4.69) is 21.8 Å². The van der Waals surface area contributed by atoms with Crippen LogP contribution in [0.25, 0.3) is 0 Å². The van der Waals surface area contributed by atoms with E-state index in [4.69, 9.17) is 25.2 Å². The van der Waals surface area contributed by atoms with Crippen LogP contribution in [0.4, 0.5) is 4.39 Å². The van der Waals surface area contributed by atoms with E-state index in [1.54, 1.807) is 6.07 Å². The summed E-state index contributed by atoms with van der Waals surface area (Å²) in [7, 11) is 0. The zero-order chi connectivity index (χ0) is 28.1. The molecule has 1 aromatic heterocycles. The van der Waals surface area contributed by atoms with Crippen LogP contribution in [0.15, 0.2) is 36.7 Å². The summed E-state index contributed by atoms with van der Waals surface area (Å²) in [6.45, 7) is 5.00. The van der Waals surface area contributed by atoms with Gasteiger partial charge in [-0.3, -0.25) is 14.5 Å². The van der Waals surface area contributed by atoms with Crippen molar-refractivity contribution in [3.8, 4) is 0 Å². The average molecular weight is 536 g/mol. The molecule has 12 heteroatoms. The van der Waals surface area contributed by atoms with E-state index >= 15 is 0 Å². The van der Waals surface area contributed by atoms with Crippen LogP contribution >= 0.6 is 0 Å². The van der Waals surface area contributed by atoms with Gasteiger partial charge in [0, 0.05) is 56.2 Å². The second-order valence-electron chi connectivity index (χ2n) is 9.13. The molecule has 1 saturated heterocycles. The van der Waals surface area contributed by atoms with Gasteiger partial charge in [-0.2, -0.15) is 0 Å². The molecule has 0 bridgehead atoms. The number of halogens is 1. The number of carboxylic acid groups (broad SMARTS) is 3. The summed E-state index contributed by atoms with van der Waals surface area (Å²) in [4.78, 5) is 41.6. The number of aliphatic hydroxyl groups is 1. The first-order chi connectivity index (χ1) is 18.0. The van der Waals surface area contributed by atoms with Crippen LogP contribution in [-0.4, -0.2) is 78.1 Å². The number of carbonyl (C=O) groups is 3. The summed E-state index contributed by atoms with van der Waals surface area (Å²) in [5, 5.41) is 33.8. The van der Waals surface area contributed by atoms with Gasteiger partial charge in [-0.1, -0.05) is 25.1 Å². The molecule has 2 aromatic rings. The number of rotatable bonds is 13. The third-order valence-corrected chi connectivity index (χ3v) is 5.76. The van der Waals surface area contributed by atoms with E-state index in [9.17, 15) is 18.8 Å². The molecule has 0 saturated carbocycles. The number of nitrogens with zero attached hydrogens (tertiary/aromatic N) is 3. The Hall–Kier alpha value is -3.48. The standard InChI is InChI=1S/C20H26FN3O.C6H8O7/c1-2-6-20-22-11-16(12-23-20)13-24(15-18-8-5-10-25-18)14-17-7-3-4-9-19(17)21;7-3(8)1-6(13,5(11)12)2-4(9)10/h3-4,7,9,11-12,18H,2,5-6,8,10,13-15H2,1H3;13H,1-2H2,(H,7,8)(H,9,10)(H,11,12). The monoisotopic (exact) mass is 535 g/mol. The maximum atomic E-state index is 14.1. The first-order valence-corrected chi connectivity index (χ1v) is 12.3. The normalized spacial score (nSPS) is 15.1. The summed E-state index contributed by atoms with van der Waals surface area (Å²) < 4.78 is 19.8. The minimum absolute atomic E-state index is 0.158. The Kier molecular flexibility index (Phi) is 12.2. The van der Waals surface area contributed by atoms with Crippen LogP contribution < -0.4 is 0 Å². The Bertz CT molecular complexity index is 1040. The summed E-state index contributed by atoms with van der Waals surface area (Å²) in [5.41, 5.74) is -0.976. The lowest BCUT2D eigenvalue weighted by atomic mass is 9.96. The van der Waals surface area contributed by atoms with Crippen molar-refractivity contribution in [2.75, 3.05) is 13.2 Å². The molecule has 38 heavy (non-hydrogen) atoms. The molecule has 0 aliphatic carbocycles. The molecule has 1 unspecified atom stereocenters. The molecule has 11 nitrogen and oxygen atoms in total. The van der Waals surface area contributed by atoms with Crippen LogP contribution in [0, 0.1) is 5.82 Å². The van der Waals surface area contributed by atoms with Gasteiger partial charge in [0.25, 0.3) is 0 Å². The number of ether oxygens (including phenoxy) is 1. The first kappa shape index (κ1) is 30.7. The van der Waals surface area contributed by atoms with E-state index in [-0.39, 0.29) is 11.9 Å². The van der Waals surface area contributed by atoms with Gasteiger partial charge in [-0.05, 0) is 25.3 Å². The zero-order valence-corrected chi connectivity index (χ0v) is 21.3. The van der Waals surface area contributed by atoms with Gasteiger partial charge in [0.15, 0.2) is 5.60 Å². The topological polar surface area (TPSA) is 170 Å². The highest BCUT2D eigenvalue weighted by Gasteiger charge is 2.40. The van der Waals surface area contributed by atoms with Crippen molar-refractivity contribution in [2.45, 2.75) is 70.2 Å². The largest absolute Gasteiger partial charge is 0.481 e. The summed E-state index contributed by atoms with van der Waals surface area (Å²) in [6, 6.07) is 6.97. The quantitative estimate of drug-likeness (QED) is 0.297. The van der Waals surface area contributed by atoms with E-state index in [1.807, 2.05) is 24.5 Å². The molecule has 1 fully saturated rings. The Morgan fingerprint density at radius 1 is 1.08 bits per heavy atom. The van der Waals surface area contributed by atoms with Crippen molar-refractivity contribution >= 4 is 17.9 Å². The van der Waals surface area contributed by atoms with Gasteiger partial charge >= 0.3 is 17.9 Å². The number of carboxylic acids is 3. The van der Waals surface area contributed by atoms with E-state index in [0.717, 1.165) is 50.2 Å². The van der Waals surface area contributed by atoms with Crippen molar-refractivity contribution in [1.82, 2.24) is 14.9 Å². The minimum Gasteiger partial charge on any atom is -0.481 e. The van der Waals surface area contributed by atoms with Crippen molar-refractivity contribution in [1.29, 1.82) is 0 Å². The van der Waals surface area contributed by atoms with Gasteiger partial charge in [0.05, 0.1) is 18.9 Å². The van der Waals surface area contributed by atoms with Crippen LogP contribution in [0.3, 0.4) is 0 Å². The number of hydrogen-bond acceptors (Lipinski definition) is 8. The highest BCUT2D eigenvalue weighted by atomic mass is 19.1. The molecule has 4 N–H and O–H groups in total. The average Bonchev–Trinajstić information content (AvgIpc) is 3.34. The molecule has 2 heterocycles. The third kappa shape index (κ3) is 10.5. The Morgan fingerprint density at radius 3 is 2.21 bits per heavy atom. The van der Waals surface area contributed by atoms with Crippen LogP contribution in [0.1, 0.15) is 56.0 Å². The molecule has 208 valence electrons. The molecule has 0 amide bonds. The van der Waals surface area contributed by atoms with Crippen LogP contribution in [0.5, 0.6) is 0 Å². The Morgan fingerprint density at radius 2 is 1.71 bits per heavy atom. The number of aliphatic carboxylic acids is 3. The van der Waals surface area contributed by atoms with E-state index in [0.29, 0.717) is 18.7 Å². The maximum Gasteiger partial charge on any atom is 0.336 e. The highest BCUT2D eigenvalue weighted by molar-refractivity contribution is 5.88. The van der Waals surface area contributed by atoms with Gasteiger partial charge in [-0.25, -0.2) is 19.2 Å². The van der Waals surface area contributed by atoms with E-state index in [1.165, 1.54) is 6.07 Å². The number of hydrogen-bond donors (Lipinski definition) is 4. The van der Waals surface area contributed by atoms with Crippen LogP contribution in [0.2, 0.25) is 0 Å². The van der Waals surface area contributed by atoms with Gasteiger partial charge < -0.3 is 25.2 Å². The molecule has 1 aliphatic heterocycles. The fourth-order valence-electron chi connectivity index (χ4n) is 3.92. The van der Waals surface area contributed by atoms with Crippen LogP contribution in [-0.2, 0) is 38.6 Å². The fraction of sp³-hybridized carbons (Fsp3) is 0.500. The maximum absolute atomic E-state index is 14.1. The predicted molar refractivity (Wildman–Crippen MR) is 133 cm³/mol. The van der Waals surface area contributed by atoms with Gasteiger partial charge in [0.1, 0.15) is 11.6 Å². The number of aromatic nitrogens is 2. The lowest BCUT2D eigenvalue weighted by Crippen LogP contribution is -2.42. The predicted octanol–water partition coefficient (Wildman–Crippen LogP) is 2.50. The lowest BCUT2D eigenvalue weighted by molar-refractivity contribution is -0.170. The second-order valence-corrected chi connectivity index (χ2v) is 9.13. The zero-order valence-electron chi connectivity index (χ0n) is 21.3. The van der Waals surface area contributed by atoms with Gasteiger partial charge in [0.2, 0.25) is 0 Å². The third-order valence-electron chi connectivity index (χ3n) is 5.76. The van der Waals surface area contributed by atoms with Crippen molar-refractivity contribution in [3.05, 3.63) is 59.4 Å². The Balaban J connectivity index is 0.000000332. The summed E-state index contributed by atoms with van der Waals surface area (Å²) >= 11 is 0. The molecule has 0 spiro atoms. The summed E-state index contributed by atoms with van der Waals surface area (Å²) in [5.74, 6) is -4.30. The molecule has 1 aromatic carbocycles. The molecular weight excluding hydrogens is 501 g/mol. The van der Waals surface area contributed by atoms with Crippen molar-refractivity contribution in [2.24, 2.45) is 0 Å². The molecular formula is C26H34FN3O8. The second kappa shape index (κ2) is 15.1. The van der Waals surface area contributed by atoms with Gasteiger partial charge in [-0.15, -0.1) is 0 Å². The molecule has 1 aliphatic rings. The minimum atomic E-state index is -2.74. The smallest absolute Gasteiger partial charge is 0.336 e. The molecule has 1 atom stereocenters. The summed E-state index contributed by atoms with van der Waals surface area (Å²) in [6.07, 6.45) is 5.83.